The summed E-state index contributed by atoms with van der Waals surface area (Å²) in [7, 11) is 0. The monoisotopic (exact) mass is 292 g/mol. The van der Waals surface area contributed by atoms with Gasteiger partial charge in [0.2, 0.25) is 0 Å². The first-order valence-electron chi connectivity index (χ1n) is 6.16. The summed E-state index contributed by atoms with van der Waals surface area (Å²) in [4.78, 5) is 11.7. The number of aliphatic carboxylic acids is 1. The summed E-state index contributed by atoms with van der Waals surface area (Å²) in [6.45, 7) is 1.65. The second-order valence-corrected chi connectivity index (χ2v) is 5.34. The SMILES string of the molecule is CC(Cc1ccc(F)c(Cl)c1)(C(=O)O)c1ccccc1. The fourth-order valence-electron chi connectivity index (χ4n) is 2.16. The van der Waals surface area contributed by atoms with Crippen molar-refractivity contribution in [1.29, 1.82) is 0 Å². The number of rotatable bonds is 4. The predicted octanol–water partition coefficient (Wildman–Crippen LogP) is 4.06. The molecule has 0 fully saturated rings. The molecule has 2 aromatic carbocycles. The van der Waals surface area contributed by atoms with Crippen LogP contribution in [0.4, 0.5) is 4.39 Å². The first-order valence-corrected chi connectivity index (χ1v) is 6.54. The van der Waals surface area contributed by atoms with Crippen molar-refractivity contribution in [1.82, 2.24) is 0 Å². The summed E-state index contributed by atoms with van der Waals surface area (Å²) in [6.07, 6.45) is 0.242. The van der Waals surface area contributed by atoms with E-state index in [1.807, 2.05) is 6.07 Å². The molecule has 0 bridgehead atoms. The van der Waals surface area contributed by atoms with E-state index < -0.39 is 17.2 Å². The van der Waals surface area contributed by atoms with E-state index in [-0.39, 0.29) is 11.4 Å². The average molecular weight is 293 g/mol. The van der Waals surface area contributed by atoms with Crippen LogP contribution < -0.4 is 0 Å². The topological polar surface area (TPSA) is 37.3 Å². The van der Waals surface area contributed by atoms with E-state index in [1.54, 1.807) is 37.3 Å². The standard InChI is InChI=1S/C16H14ClFO2/c1-16(15(19)20,12-5-3-2-4-6-12)10-11-7-8-14(18)13(17)9-11/h2-9H,10H2,1H3,(H,19,20). The number of halogens is 2. The molecule has 1 N–H and O–H groups in total. The van der Waals surface area contributed by atoms with E-state index in [9.17, 15) is 14.3 Å². The second kappa shape index (κ2) is 5.63. The van der Waals surface area contributed by atoms with Crippen molar-refractivity contribution in [2.75, 3.05) is 0 Å². The van der Waals surface area contributed by atoms with Gasteiger partial charge in [-0.25, -0.2) is 4.39 Å². The molecule has 0 aliphatic rings. The van der Waals surface area contributed by atoms with Crippen LogP contribution in [0.2, 0.25) is 5.02 Å². The third kappa shape index (κ3) is 2.83. The van der Waals surface area contributed by atoms with Crippen LogP contribution in [0.1, 0.15) is 18.1 Å². The Morgan fingerprint density at radius 1 is 1.25 bits per heavy atom. The van der Waals surface area contributed by atoms with Gasteiger partial charge < -0.3 is 5.11 Å². The Labute approximate surface area is 121 Å². The highest BCUT2D eigenvalue weighted by atomic mass is 35.5. The number of carbonyl (C=O) groups is 1. The van der Waals surface area contributed by atoms with E-state index in [4.69, 9.17) is 11.6 Å². The van der Waals surface area contributed by atoms with Crippen molar-refractivity contribution in [3.8, 4) is 0 Å². The molecule has 0 spiro atoms. The van der Waals surface area contributed by atoms with Gasteiger partial charge in [-0.05, 0) is 36.6 Å². The molecule has 0 heterocycles. The third-order valence-electron chi connectivity index (χ3n) is 3.42. The van der Waals surface area contributed by atoms with Crippen molar-refractivity contribution in [2.24, 2.45) is 0 Å². The van der Waals surface area contributed by atoms with Crippen LogP contribution in [0, 0.1) is 5.82 Å². The zero-order valence-electron chi connectivity index (χ0n) is 10.9. The number of carboxylic acids is 1. The molecular formula is C16H14ClFO2. The third-order valence-corrected chi connectivity index (χ3v) is 3.71. The molecular weight excluding hydrogens is 279 g/mol. The van der Waals surface area contributed by atoms with Gasteiger partial charge in [-0.15, -0.1) is 0 Å². The Hall–Kier alpha value is -1.87. The zero-order chi connectivity index (χ0) is 14.8. The molecule has 0 radical (unpaired) electrons. The molecule has 20 heavy (non-hydrogen) atoms. The maximum absolute atomic E-state index is 13.2. The van der Waals surface area contributed by atoms with Gasteiger partial charge in [-0.3, -0.25) is 4.79 Å². The lowest BCUT2D eigenvalue weighted by molar-refractivity contribution is -0.143. The lowest BCUT2D eigenvalue weighted by atomic mass is 9.77. The van der Waals surface area contributed by atoms with Gasteiger partial charge in [0.15, 0.2) is 0 Å². The van der Waals surface area contributed by atoms with Crippen LogP contribution in [0.5, 0.6) is 0 Å². The first-order chi connectivity index (χ1) is 9.43. The molecule has 2 aromatic rings. The molecule has 0 saturated carbocycles. The molecule has 1 atom stereocenters. The lowest BCUT2D eigenvalue weighted by Gasteiger charge is -2.25. The minimum Gasteiger partial charge on any atom is -0.481 e. The van der Waals surface area contributed by atoms with E-state index in [2.05, 4.69) is 0 Å². The summed E-state index contributed by atoms with van der Waals surface area (Å²) in [6, 6.07) is 13.3. The van der Waals surface area contributed by atoms with Gasteiger partial charge in [0, 0.05) is 0 Å². The van der Waals surface area contributed by atoms with Gasteiger partial charge in [0.25, 0.3) is 0 Å². The summed E-state index contributed by atoms with van der Waals surface area (Å²) in [5.74, 6) is -1.43. The summed E-state index contributed by atoms with van der Waals surface area (Å²) in [5, 5.41) is 9.57. The highest BCUT2D eigenvalue weighted by Gasteiger charge is 2.35. The minimum atomic E-state index is -1.08. The Morgan fingerprint density at radius 2 is 1.90 bits per heavy atom. The van der Waals surface area contributed by atoms with Crippen molar-refractivity contribution in [2.45, 2.75) is 18.8 Å². The summed E-state index contributed by atoms with van der Waals surface area (Å²) >= 11 is 5.75. The minimum absolute atomic E-state index is 0.00306. The fraction of sp³-hybridized carbons (Fsp3) is 0.188. The van der Waals surface area contributed by atoms with Crippen LogP contribution in [-0.2, 0) is 16.6 Å². The maximum atomic E-state index is 13.2. The largest absolute Gasteiger partial charge is 0.481 e. The predicted molar refractivity (Wildman–Crippen MR) is 76.5 cm³/mol. The van der Waals surface area contributed by atoms with Crippen LogP contribution in [0.25, 0.3) is 0 Å². The molecule has 2 rings (SSSR count). The molecule has 1 unspecified atom stereocenters. The normalized spacial score (nSPS) is 13.8. The Balaban J connectivity index is 2.39. The van der Waals surface area contributed by atoms with Gasteiger partial charge in [-0.1, -0.05) is 48.0 Å². The van der Waals surface area contributed by atoms with Crippen LogP contribution >= 0.6 is 11.6 Å². The number of benzene rings is 2. The van der Waals surface area contributed by atoms with E-state index >= 15 is 0 Å². The number of hydrogen-bond donors (Lipinski definition) is 1. The van der Waals surface area contributed by atoms with Crippen LogP contribution in [-0.4, -0.2) is 11.1 Å². The Bertz CT molecular complexity index is 628. The van der Waals surface area contributed by atoms with Gasteiger partial charge in [0.05, 0.1) is 10.4 Å². The van der Waals surface area contributed by atoms with E-state index in [1.165, 1.54) is 12.1 Å². The average Bonchev–Trinajstić information content (AvgIpc) is 2.43. The van der Waals surface area contributed by atoms with Crippen molar-refractivity contribution in [3.05, 3.63) is 70.5 Å². The van der Waals surface area contributed by atoms with E-state index in [0.29, 0.717) is 11.1 Å². The Kier molecular flexibility index (Phi) is 4.09. The van der Waals surface area contributed by atoms with Gasteiger partial charge >= 0.3 is 5.97 Å². The molecule has 0 amide bonds. The van der Waals surface area contributed by atoms with Crippen molar-refractivity contribution >= 4 is 17.6 Å². The smallest absolute Gasteiger partial charge is 0.314 e. The molecule has 0 aliphatic heterocycles. The molecule has 0 aliphatic carbocycles. The lowest BCUT2D eigenvalue weighted by Crippen LogP contribution is -2.34. The summed E-state index contributed by atoms with van der Waals surface area (Å²) in [5.41, 5.74) is 0.306. The van der Waals surface area contributed by atoms with Gasteiger partial charge in [0.1, 0.15) is 5.82 Å². The molecule has 2 nitrogen and oxygen atoms in total. The first kappa shape index (κ1) is 14.5. The maximum Gasteiger partial charge on any atom is 0.314 e. The summed E-state index contributed by atoms with van der Waals surface area (Å²) < 4.78 is 13.2. The highest BCUT2D eigenvalue weighted by Crippen LogP contribution is 2.30. The van der Waals surface area contributed by atoms with E-state index in [0.717, 1.165) is 0 Å². The molecule has 0 aromatic heterocycles. The van der Waals surface area contributed by atoms with Gasteiger partial charge in [-0.2, -0.15) is 0 Å². The molecule has 0 saturated heterocycles. The number of hydrogen-bond acceptors (Lipinski definition) is 1. The van der Waals surface area contributed by atoms with Crippen molar-refractivity contribution < 1.29 is 14.3 Å². The highest BCUT2D eigenvalue weighted by molar-refractivity contribution is 6.30. The molecule has 104 valence electrons. The fourth-order valence-corrected chi connectivity index (χ4v) is 2.37. The van der Waals surface area contributed by atoms with Crippen LogP contribution in [0.3, 0.4) is 0 Å². The quantitative estimate of drug-likeness (QED) is 0.922. The Morgan fingerprint density at radius 3 is 2.45 bits per heavy atom. The number of carboxylic acid groups (broad SMARTS) is 1. The molecule has 4 heteroatoms. The van der Waals surface area contributed by atoms with Crippen molar-refractivity contribution in [3.63, 3.8) is 0 Å². The zero-order valence-corrected chi connectivity index (χ0v) is 11.7. The second-order valence-electron chi connectivity index (χ2n) is 4.93. The van der Waals surface area contributed by atoms with Crippen LogP contribution in [0.15, 0.2) is 48.5 Å².